The Morgan fingerprint density at radius 3 is 2.61 bits per heavy atom. The Kier molecular flexibility index (Phi) is 5.74. The molecule has 0 saturated carbocycles. The summed E-state index contributed by atoms with van der Waals surface area (Å²) in [5, 5.41) is 0. The molecule has 2 aromatic carbocycles. The smallest absolute Gasteiger partial charge is 0.330 e. The van der Waals surface area contributed by atoms with Crippen LogP contribution in [0.15, 0.2) is 48.5 Å². The lowest BCUT2D eigenvalue weighted by Gasteiger charge is -2.12. The molecule has 2 rings (SSSR count). The van der Waals surface area contributed by atoms with Gasteiger partial charge >= 0.3 is 5.97 Å². The summed E-state index contributed by atoms with van der Waals surface area (Å²) in [5.74, 6) is 0.210. The Balaban J connectivity index is 2.17. The summed E-state index contributed by atoms with van der Waals surface area (Å²) in [7, 11) is 2.83. The molecule has 0 amide bonds. The number of benzene rings is 2. The normalized spacial score (nSPS) is 10.6. The summed E-state index contributed by atoms with van der Waals surface area (Å²) >= 11 is 0. The van der Waals surface area contributed by atoms with Gasteiger partial charge in [-0.25, -0.2) is 9.18 Å². The molecule has 0 saturated heterocycles. The van der Waals surface area contributed by atoms with Crippen LogP contribution in [-0.4, -0.2) is 20.2 Å². The van der Waals surface area contributed by atoms with Crippen molar-refractivity contribution in [3.8, 4) is 11.5 Å². The van der Waals surface area contributed by atoms with Crippen LogP contribution in [0.2, 0.25) is 0 Å². The van der Waals surface area contributed by atoms with Crippen molar-refractivity contribution < 1.29 is 23.4 Å². The Labute approximate surface area is 134 Å². The van der Waals surface area contributed by atoms with E-state index in [4.69, 9.17) is 9.47 Å². The molecule has 0 unspecified atom stereocenters. The molecule has 2 aromatic rings. The fourth-order valence-corrected chi connectivity index (χ4v) is 1.91. The molecule has 0 fully saturated rings. The Bertz CT molecular complexity index is 710. The fraction of sp³-hybridized carbons (Fsp3) is 0.167. The van der Waals surface area contributed by atoms with Gasteiger partial charge in [0.15, 0.2) is 11.5 Å². The van der Waals surface area contributed by atoms with Gasteiger partial charge in [-0.1, -0.05) is 24.3 Å². The largest absolute Gasteiger partial charge is 0.493 e. The van der Waals surface area contributed by atoms with Crippen LogP contribution in [0.3, 0.4) is 0 Å². The van der Waals surface area contributed by atoms with Crippen molar-refractivity contribution in [2.24, 2.45) is 0 Å². The van der Waals surface area contributed by atoms with Gasteiger partial charge in [0.05, 0.1) is 14.2 Å². The van der Waals surface area contributed by atoms with E-state index >= 15 is 0 Å². The third-order valence-corrected chi connectivity index (χ3v) is 3.14. The average molecular weight is 316 g/mol. The first-order valence-electron chi connectivity index (χ1n) is 6.94. The molecular formula is C18H17FO4. The quantitative estimate of drug-likeness (QED) is 0.603. The highest BCUT2D eigenvalue weighted by atomic mass is 19.1. The molecule has 0 aliphatic heterocycles. The number of halogens is 1. The highest BCUT2D eigenvalue weighted by Crippen LogP contribution is 2.29. The van der Waals surface area contributed by atoms with E-state index in [0.717, 1.165) is 5.56 Å². The van der Waals surface area contributed by atoms with Crippen molar-refractivity contribution >= 4 is 12.0 Å². The Hall–Kier alpha value is -2.82. The van der Waals surface area contributed by atoms with E-state index in [1.54, 1.807) is 42.5 Å². The molecule has 0 aromatic heterocycles. The molecular weight excluding hydrogens is 299 g/mol. The minimum atomic E-state index is -0.449. The third-order valence-electron chi connectivity index (χ3n) is 3.14. The molecule has 120 valence electrons. The van der Waals surface area contributed by atoms with Crippen LogP contribution in [0.1, 0.15) is 11.1 Å². The van der Waals surface area contributed by atoms with Crippen LogP contribution < -0.4 is 9.47 Å². The van der Waals surface area contributed by atoms with Crippen LogP contribution in [0.4, 0.5) is 4.39 Å². The summed E-state index contributed by atoms with van der Waals surface area (Å²) < 4.78 is 29.1. The second-order valence-corrected chi connectivity index (χ2v) is 4.65. The van der Waals surface area contributed by atoms with Gasteiger partial charge in [-0.2, -0.15) is 0 Å². The lowest BCUT2D eigenvalue weighted by Crippen LogP contribution is -2.00. The lowest BCUT2D eigenvalue weighted by atomic mass is 10.2. The van der Waals surface area contributed by atoms with E-state index in [1.807, 2.05) is 0 Å². The number of methoxy groups -OCH3 is 2. The maximum Gasteiger partial charge on any atom is 0.330 e. The summed E-state index contributed by atoms with van der Waals surface area (Å²) in [6.07, 6.45) is 2.91. The van der Waals surface area contributed by atoms with Gasteiger partial charge in [-0.3, -0.25) is 0 Å². The third kappa shape index (κ3) is 4.57. The highest BCUT2D eigenvalue weighted by molar-refractivity contribution is 5.87. The van der Waals surface area contributed by atoms with Crippen LogP contribution in [0.25, 0.3) is 6.08 Å². The number of hydrogen-bond donors (Lipinski definition) is 0. The van der Waals surface area contributed by atoms with Gasteiger partial charge in [0.2, 0.25) is 0 Å². The molecule has 0 bridgehead atoms. The highest BCUT2D eigenvalue weighted by Gasteiger charge is 2.07. The summed E-state index contributed by atoms with van der Waals surface area (Å²) in [6, 6.07) is 11.6. The van der Waals surface area contributed by atoms with Crippen molar-refractivity contribution in [2.75, 3.05) is 14.2 Å². The summed E-state index contributed by atoms with van der Waals surface area (Å²) in [5.41, 5.74) is 1.18. The van der Waals surface area contributed by atoms with Crippen molar-refractivity contribution in [3.05, 3.63) is 65.5 Å². The van der Waals surface area contributed by atoms with E-state index in [2.05, 4.69) is 4.74 Å². The minimum absolute atomic E-state index is 0.0766. The van der Waals surface area contributed by atoms with Crippen molar-refractivity contribution in [1.29, 1.82) is 0 Å². The van der Waals surface area contributed by atoms with E-state index in [9.17, 15) is 9.18 Å². The number of carbonyl (C=O) groups is 1. The number of carbonyl (C=O) groups excluding carboxylic acids is 1. The van der Waals surface area contributed by atoms with E-state index in [-0.39, 0.29) is 12.4 Å². The van der Waals surface area contributed by atoms with Crippen LogP contribution in [0.5, 0.6) is 11.5 Å². The second kappa shape index (κ2) is 7.98. The Morgan fingerprint density at radius 2 is 1.91 bits per heavy atom. The Morgan fingerprint density at radius 1 is 1.13 bits per heavy atom. The van der Waals surface area contributed by atoms with E-state index < -0.39 is 5.97 Å². The minimum Gasteiger partial charge on any atom is -0.493 e. The molecule has 5 heteroatoms. The SMILES string of the molecule is COC(=O)/C=C/c1ccc(OC)c(OCc2ccccc2F)c1. The predicted molar refractivity (Wildman–Crippen MR) is 84.8 cm³/mol. The molecule has 0 aliphatic carbocycles. The number of esters is 1. The monoisotopic (exact) mass is 316 g/mol. The first-order chi connectivity index (χ1) is 11.1. The van der Waals surface area contributed by atoms with E-state index in [1.165, 1.54) is 26.4 Å². The zero-order valence-corrected chi connectivity index (χ0v) is 12.9. The molecule has 23 heavy (non-hydrogen) atoms. The predicted octanol–water partition coefficient (Wildman–Crippen LogP) is 3.60. The van der Waals surface area contributed by atoms with Gasteiger partial charge in [0.25, 0.3) is 0 Å². The molecule has 4 nitrogen and oxygen atoms in total. The van der Waals surface area contributed by atoms with Crippen LogP contribution >= 0.6 is 0 Å². The zero-order chi connectivity index (χ0) is 16.7. The lowest BCUT2D eigenvalue weighted by molar-refractivity contribution is -0.134. The van der Waals surface area contributed by atoms with Crippen LogP contribution in [-0.2, 0) is 16.1 Å². The van der Waals surface area contributed by atoms with Gasteiger partial charge in [-0.15, -0.1) is 0 Å². The first kappa shape index (κ1) is 16.5. The molecule has 0 heterocycles. The van der Waals surface area contributed by atoms with Gasteiger partial charge in [0, 0.05) is 11.6 Å². The second-order valence-electron chi connectivity index (χ2n) is 4.65. The van der Waals surface area contributed by atoms with Crippen molar-refractivity contribution in [2.45, 2.75) is 6.61 Å². The molecule has 0 atom stereocenters. The molecule has 0 radical (unpaired) electrons. The van der Waals surface area contributed by atoms with Gasteiger partial charge in [0.1, 0.15) is 12.4 Å². The maximum atomic E-state index is 13.6. The molecule has 0 N–H and O–H groups in total. The van der Waals surface area contributed by atoms with Gasteiger partial charge in [-0.05, 0) is 29.8 Å². The standard InChI is InChI=1S/C18H17FO4/c1-21-16-9-7-13(8-10-18(20)22-2)11-17(16)23-12-14-5-3-4-6-15(14)19/h3-11H,12H2,1-2H3/b10-8+. The fourth-order valence-electron chi connectivity index (χ4n) is 1.91. The van der Waals surface area contributed by atoms with Crippen molar-refractivity contribution in [3.63, 3.8) is 0 Å². The molecule has 0 spiro atoms. The average Bonchev–Trinajstić information content (AvgIpc) is 2.59. The van der Waals surface area contributed by atoms with E-state index in [0.29, 0.717) is 17.1 Å². The number of hydrogen-bond acceptors (Lipinski definition) is 4. The zero-order valence-electron chi connectivity index (χ0n) is 12.9. The van der Waals surface area contributed by atoms with Crippen molar-refractivity contribution in [1.82, 2.24) is 0 Å². The van der Waals surface area contributed by atoms with Gasteiger partial charge < -0.3 is 14.2 Å². The molecule has 0 aliphatic rings. The maximum absolute atomic E-state index is 13.6. The topological polar surface area (TPSA) is 44.8 Å². The number of rotatable bonds is 6. The summed E-state index contributed by atoms with van der Waals surface area (Å²) in [6.45, 7) is 0.0766. The number of ether oxygens (including phenoxy) is 3. The van der Waals surface area contributed by atoms with Crippen LogP contribution in [0, 0.1) is 5.82 Å². The summed E-state index contributed by atoms with van der Waals surface area (Å²) in [4.78, 5) is 11.1. The first-order valence-corrected chi connectivity index (χ1v) is 6.94.